The van der Waals surface area contributed by atoms with Crippen LogP contribution in [-0.2, 0) is 0 Å². The van der Waals surface area contributed by atoms with Gasteiger partial charge in [-0.25, -0.2) is 0 Å². The van der Waals surface area contributed by atoms with Gasteiger partial charge in [-0.15, -0.1) is 0 Å². The summed E-state index contributed by atoms with van der Waals surface area (Å²) in [6.45, 7) is -0.773. The van der Waals surface area contributed by atoms with E-state index < -0.39 is 36.7 Å². The monoisotopic (exact) mass is 271 g/mol. The lowest BCUT2D eigenvalue weighted by atomic mass is 9.95. The fourth-order valence-electron chi connectivity index (χ4n) is 1.55. The first-order chi connectivity index (χ1) is 8.88. The lowest BCUT2D eigenvalue weighted by Gasteiger charge is -2.25. The standard InChI is InChI=1S/C12H17NO6/c13-9(12(19)11(18)8(16)5-14)10(17)6-2-1-3-7(15)4-6/h1-4,8-9,11-12,14-16,18-19H,5,13H2/t8-,9+,11-,12-/m1/s1. The van der Waals surface area contributed by atoms with Gasteiger partial charge in [0.15, 0.2) is 5.78 Å². The van der Waals surface area contributed by atoms with Crippen LogP contribution in [0.1, 0.15) is 10.4 Å². The van der Waals surface area contributed by atoms with Crippen molar-refractivity contribution < 1.29 is 30.3 Å². The third-order valence-corrected chi connectivity index (χ3v) is 2.73. The van der Waals surface area contributed by atoms with E-state index in [0.717, 1.165) is 0 Å². The minimum atomic E-state index is -1.75. The predicted molar refractivity (Wildman–Crippen MR) is 65.5 cm³/mol. The SMILES string of the molecule is N[C@@H](C(=O)c1cccc(O)c1)[C@@H](O)[C@H](O)[C@H](O)CO. The molecule has 0 fully saturated rings. The molecular weight excluding hydrogens is 254 g/mol. The maximum Gasteiger partial charge on any atom is 0.182 e. The zero-order valence-electron chi connectivity index (χ0n) is 10.0. The van der Waals surface area contributed by atoms with Crippen molar-refractivity contribution in [2.24, 2.45) is 5.73 Å². The second-order valence-electron chi connectivity index (χ2n) is 4.17. The topological polar surface area (TPSA) is 144 Å². The lowest BCUT2D eigenvalue weighted by Crippen LogP contribution is -2.52. The Morgan fingerprint density at radius 3 is 2.37 bits per heavy atom. The first-order valence-electron chi connectivity index (χ1n) is 5.62. The summed E-state index contributed by atoms with van der Waals surface area (Å²) in [5.41, 5.74) is 5.57. The molecule has 7 N–H and O–H groups in total. The van der Waals surface area contributed by atoms with Gasteiger partial charge >= 0.3 is 0 Å². The van der Waals surface area contributed by atoms with E-state index in [9.17, 15) is 25.2 Å². The Morgan fingerprint density at radius 1 is 1.21 bits per heavy atom. The minimum absolute atomic E-state index is 0.0669. The Morgan fingerprint density at radius 2 is 1.84 bits per heavy atom. The molecule has 0 aliphatic heterocycles. The highest BCUT2D eigenvalue weighted by molar-refractivity contribution is 6.00. The molecule has 0 aromatic heterocycles. The Kier molecular flexibility index (Phi) is 5.40. The molecule has 7 heteroatoms. The van der Waals surface area contributed by atoms with Gasteiger partial charge in [0, 0.05) is 5.56 Å². The van der Waals surface area contributed by atoms with E-state index in [1.165, 1.54) is 24.3 Å². The molecule has 1 aromatic carbocycles. The van der Waals surface area contributed by atoms with Gasteiger partial charge in [-0.2, -0.15) is 0 Å². The number of hydrogen-bond donors (Lipinski definition) is 6. The van der Waals surface area contributed by atoms with Gasteiger partial charge in [0.1, 0.15) is 24.1 Å². The third kappa shape index (κ3) is 3.72. The van der Waals surface area contributed by atoms with Gasteiger partial charge in [0.25, 0.3) is 0 Å². The van der Waals surface area contributed by atoms with Crippen LogP contribution < -0.4 is 5.73 Å². The highest BCUT2D eigenvalue weighted by Gasteiger charge is 2.33. The zero-order chi connectivity index (χ0) is 14.6. The molecule has 0 spiro atoms. The summed E-state index contributed by atoms with van der Waals surface area (Å²) in [4.78, 5) is 11.9. The van der Waals surface area contributed by atoms with Crippen LogP contribution >= 0.6 is 0 Å². The van der Waals surface area contributed by atoms with Crippen molar-refractivity contribution in [3.63, 3.8) is 0 Å². The Bertz CT molecular complexity index is 438. The maximum absolute atomic E-state index is 11.9. The number of ketones is 1. The smallest absolute Gasteiger partial charge is 0.182 e. The summed E-state index contributed by atoms with van der Waals surface area (Å²) in [5, 5.41) is 46.2. The Labute approximate surface area is 109 Å². The number of rotatable bonds is 6. The van der Waals surface area contributed by atoms with E-state index in [4.69, 9.17) is 10.8 Å². The zero-order valence-corrected chi connectivity index (χ0v) is 10.0. The van der Waals surface area contributed by atoms with E-state index in [-0.39, 0.29) is 11.3 Å². The number of carbonyl (C=O) groups excluding carboxylic acids is 1. The van der Waals surface area contributed by atoms with Crippen LogP contribution in [0.4, 0.5) is 0 Å². The molecule has 0 heterocycles. The lowest BCUT2D eigenvalue weighted by molar-refractivity contribution is -0.0798. The number of carbonyl (C=O) groups is 1. The number of Topliss-reactive ketones (excluding diaryl/α,β-unsaturated/α-hetero) is 1. The van der Waals surface area contributed by atoms with E-state index in [1.54, 1.807) is 0 Å². The number of aliphatic hydroxyl groups excluding tert-OH is 4. The van der Waals surface area contributed by atoms with Crippen molar-refractivity contribution in [2.45, 2.75) is 24.4 Å². The summed E-state index contributed by atoms with van der Waals surface area (Å²) >= 11 is 0. The van der Waals surface area contributed by atoms with Crippen LogP contribution in [0.5, 0.6) is 5.75 Å². The minimum Gasteiger partial charge on any atom is -0.508 e. The molecule has 0 saturated carbocycles. The Hall–Kier alpha value is -1.51. The molecule has 0 saturated heterocycles. The predicted octanol–water partition coefficient (Wildman–Crippen LogP) is -2.02. The van der Waals surface area contributed by atoms with Crippen LogP contribution in [0, 0.1) is 0 Å². The van der Waals surface area contributed by atoms with E-state index in [1.807, 2.05) is 0 Å². The Balaban J connectivity index is 2.82. The van der Waals surface area contributed by atoms with Crippen molar-refractivity contribution in [3.8, 4) is 5.75 Å². The van der Waals surface area contributed by atoms with Gasteiger partial charge in [-0.05, 0) is 12.1 Å². The molecule has 0 radical (unpaired) electrons. The van der Waals surface area contributed by atoms with Gasteiger partial charge in [0.2, 0.25) is 0 Å². The first kappa shape index (κ1) is 15.5. The van der Waals surface area contributed by atoms with E-state index in [2.05, 4.69) is 0 Å². The second-order valence-corrected chi connectivity index (χ2v) is 4.17. The largest absolute Gasteiger partial charge is 0.508 e. The molecule has 7 nitrogen and oxygen atoms in total. The van der Waals surface area contributed by atoms with E-state index >= 15 is 0 Å². The number of nitrogens with two attached hydrogens (primary N) is 1. The fraction of sp³-hybridized carbons (Fsp3) is 0.417. The summed E-state index contributed by atoms with van der Waals surface area (Å²) in [7, 11) is 0. The number of benzene rings is 1. The second kappa shape index (κ2) is 6.60. The summed E-state index contributed by atoms with van der Waals surface area (Å²) in [5.74, 6) is -0.837. The number of phenols is 1. The van der Waals surface area contributed by atoms with Crippen LogP contribution in [-0.4, -0.2) is 62.3 Å². The molecule has 106 valence electrons. The van der Waals surface area contributed by atoms with Gasteiger partial charge < -0.3 is 31.3 Å². The molecule has 19 heavy (non-hydrogen) atoms. The van der Waals surface area contributed by atoms with Gasteiger partial charge in [-0.1, -0.05) is 12.1 Å². The van der Waals surface area contributed by atoms with Crippen molar-refractivity contribution in [2.75, 3.05) is 6.61 Å². The first-order valence-corrected chi connectivity index (χ1v) is 5.62. The molecule has 0 amide bonds. The molecule has 4 atom stereocenters. The molecule has 0 bridgehead atoms. The molecule has 1 rings (SSSR count). The molecular formula is C12H17NO6. The van der Waals surface area contributed by atoms with Crippen LogP contribution in [0.3, 0.4) is 0 Å². The third-order valence-electron chi connectivity index (χ3n) is 2.73. The summed E-state index contributed by atoms with van der Waals surface area (Å²) in [6, 6.07) is 3.87. The highest BCUT2D eigenvalue weighted by Crippen LogP contribution is 2.14. The quantitative estimate of drug-likeness (QED) is 0.327. The fourth-order valence-corrected chi connectivity index (χ4v) is 1.55. The number of hydrogen-bond acceptors (Lipinski definition) is 7. The van der Waals surface area contributed by atoms with Crippen molar-refractivity contribution >= 4 is 5.78 Å². The average Bonchev–Trinajstić information content (AvgIpc) is 2.43. The molecule has 0 aliphatic rings. The van der Waals surface area contributed by atoms with Gasteiger partial charge in [0.05, 0.1) is 12.6 Å². The summed E-state index contributed by atoms with van der Waals surface area (Å²) in [6.07, 6.45) is -5.09. The molecule has 0 unspecified atom stereocenters. The van der Waals surface area contributed by atoms with Gasteiger partial charge in [-0.3, -0.25) is 4.79 Å². The van der Waals surface area contributed by atoms with Crippen LogP contribution in [0.2, 0.25) is 0 Å². The number of aliphatic hydroxyl groups is 4. The average molecular weight is 271 g/mol. The summed E-state index contributed by atoms with van der Waals surface area (Å²) < 4.78 is 0. The number of aromatic hydroxyl groups is 1. The maximum atomic E-state index is 11.9. The highest BCUT2D eigenvalue weighted by atomic mass is 16.4. The molecule has 1 aromatic rings. The van der Waals surface area contributed by atoms with Crippen molar-refractivity contribution in [1.82, 2.24) is 0 Å². The van der Waals surface area contributed by atoms with Crippen molar-refractivity contribution in [1.29, 1.82) is 0 Å². The number of phenolic OH excluding ortho intramolecular Hbond substituents is 1. The van der Waals surface area contributed by atoms with E-state index in [0.29, 0.717) is 0 Å². The molecule has 0 aliphatic carbocycles. The van der Waals surface area contributed by atoms with Crippen molar-refractivity contribution in [3.05, 3.63) is 29.8 Å². The van der Waals surface area contributed by atoms with Crippen LogP contribution in [0.15, 0.2) is 24.3 Å². The normalized spacial score (nSPS) is 17.5. The van der Waals surface area contributed by atoms with Crippen LogP contribution in [0.25, 0.3) is 0 Å².